The Morgan fingerprint density at radius 2 is 1.89 bits per heavy atom. The van der Waals surface area contributed by atoms with Crippen molar-refractivity contribution in [3.63, 3.8) is 0 Å². The van der Waals surface area contributed by atoms with Gasteiger partial charge < -0.3 is 10.6 Å². The summed E-state index contributed by atoms with van der Waals surface area (Å²) in [6.07, 6.45) is -0.126. The average molecular weight is 412 g/mol. The molecule has 1 aromatic carbocycles. The van der Waals surface area contributed by atoms with Crippen LogP contribution in [0.3, 0.4) is 0 Å². The molecule has 0 atom stereocenters. The third-order valence-corrected chi connectivity index (χ3v) is 5.59. The predicted octanol–water partition coefficient (Wildman–Crippen LogP) is 2.89. The molecule has 3 rings (SSSR count). The second kappa shape index (κ2) is 8.87. The van der Waals surface area contributed by atoms with Gasteiger partial charge in [-0.1, -0.05) is 30.0 Å². The summed E-state index contributed by atoms with van der Waals surface area (Å²) in [4.78, 5) is 4.29. The number of benzene rings is 1. The van der Waals surface area contributed by atoms with Gasteiger partial charge in [-0.25, -0.2) is 0 Å². The first-order chi connectivity index (χ1) is 13.3. The summed E-state index contributed by atoms with van der Waals surface area (Å²) in [6, 6.07) is 5.54. The van der Waals surface area contributed by atoms with Crippen LogP contribution in [0.15, 0.2) is 41.6 Å². The smallest absolute Gasteiger partial charge is 0.369 e. The van der Waals surface area contributed by atoms with Crippen LogP contribution in [0.2, 0.25) is 0 Å². The SMILES string of the molecule is Cn1c(N)nnc1SCC=CCN1CCN(c2cccc(C(F)(F)F)c2)CC1. The molecular formula is C18H23F3N6S. The lowest BCUT2D eigenvalue weighted by molar-refractivity contribution is -0.137. The minimum absolute atomic E-state index is 0.394. The Balaban J connectivity index is 1.42. The van der Waals surface area contributed by atoms with Crippen LogP contribution >= 0.6 is 11.8 Å². The molecule has 6 nitrogen and oxygen atoms in total. The van der Waals surface area contributed by atoms with Crippen molar-refractivity contribution in [1.29, 1.82) is 0 Å². The maximum absolute atomic E-state index is 12.9. The van der Waals surface area contributed by atoms with E-state index in [4.69, 9.17) is 5.73 Å². The van der Waals surface area contributed by atoms with Crippen LogP contribution in [0, 0.1) is 0 Å². The molecule has 28 heavy (non-hydrogen) atoms. The predicted molar refractivity (Wildman–Crippen MR) is 105 cm³/mol. The Kier molecular flexibility index (Phi) is 6.50. The monoisotopic (exact) mass is 412 g/mol. The molecule has 0 bridgehead atoms. The zero-order chi connectivity index (χ0) is 20.1. The fraction of sp³-hybridized carbons (Fsp3) is 0.444. The minimum Gasteiger partial charge on any atom is -0.369 e. The zero-order valence-electron chi connectivity index (χ0n) is 15.6. The summed E-state index contributed by atoms with van der Waals surface area (Å²) < 4.78 is 40.4. The molecule has 0 saturated carbocycles. The molecule has 2 N–H and O–H groups in total. The van der Waals surface area contributed by atoms with Crippen LogP contribution in [-0.4, -0.2) is 58.1 Å². The van der Waals surface area contributed by atoms with Gasteiger partial charge in [0.05, 0.1) is 5.56 Å². The highest BCUT2D eigenvalue weighted by atomic mass is 32.2. The quantitative estimate of drug-likeness (QED) is 0.582. The minimum atomic E-state index is -4.31. The number of hydrogen-bond donors (Lipinski definition) is 1. The van der Waals surface area contributed by atoms with E-state index in [1.54, 1.807) is 22.4 Å². The number of thioether (sulfide) groups is 1. The molecule has 1 aromatic heterocycles. The van der Waals surface area contributed by atoms with E-state index in [9.17, 15) is 13.2 Å². The first-order valence-electron chi connectivity index (χ1n) is 8.92. The summed E-state index contributed by atoms with van der Waals surface area (Å²) >= 11 is 1.56. The summed E-state index contributed by atoms with van der Waals surface area (Å²) in [6.45, 7) is 3.86. The normalized spacial score (nSPS) is 16.2. The summed E-state index contributed by atoms with van der Waals surface area (Å²) in [7, 11) is 1.82. The lowest BCUT2D eigenvalue weighted by Crippen LogP contribution is -2.46. The number of rotatable bonds is 6. The van der Waals surface area contributed by atoms with Gasteiger partial charge in [-0.05, 0) is 18.2 Å². The van der Waals surface area contributed by atoms with Crippen molar-refractivity contribution in [3.05, 3.63) is 42.0 Å². The van der Waals surface area contributed by atoms with Crippen molar-refractivity contribution < 1.29 is 13.2 Å². The lowest BCUT2D eigenvalue weighted by atomic mass is 10.1. The van der Waals surface area contributed by atoms with Crippen molar-refractivity contribution >= 4 is 23.4 Å². The van der Waals surface area contributed by atoms with Crippen molar-refractivity contribution in [3.8, 4) is 0 Å². The number of alkyl halides is 3. The largest absolute Gasteiger partial charge is 0.416 e. The molecule has 0 unspecified atom stereocenters. The summed E-state index contributed by atoms with van der Waals surface area (Å²) in [5, 5.41) is 8.58. The van der Waals surface area contributed by atoms with Gasteiger partial charge in [0.25, 0.3) is 0 Å². The molecule has 0 spiro atoms. The summed E-state index contributed by atoms with van der Waals surface area (Å²) in [5.74, 6) is 1.17. The highest BCUT2D eigenvalue weighted by Crippen LogP contribution is 2.31. The molecule has 1 saturated heterocycles. The number of halogens is 3. The first kappa shape index (κ1) is 20.5. The van der Waals surface area contributed by atoms with E-state index in [1.807, 2.05) is 11.9 Å². The van der Waals surface area contributed by atoms with E-state index in [-0.39, 0.29) is 0 Å². The van der Waals surface area contributed by atoms with Crippen LogP contribution in [0.25, 0.3) is 0 Å². The van der Waals surface area contributed by atoms with Gasteiger partial charge in [-0.15, -0.1) is 10.2 Å². The molecule has 1 aliphatic rings. The fourth-order valence-electron chi connectivity index (χ4n) is 2.93. The average Bonchev–Trinajstić information content (AvgIpc) is 3.00. The molecule has 0 radical (unpaired) electrons. The number of anilines is 2. The van der Waals surface area contributed by atoms with Crippen molar-refractivity contribution in [1.82, 2.24) is 19.7 Å². The number of hydrogen-bond acceptors (Lipinski definition) is 6. The third-order valence-electron chi connectivity index (χ3n) is 4.62. The molecule has 10 heteroatoms. The Hall–Kier alpha value is -2.20. The van der Waals surface area contributed by atoms with Crippen LogP contribution in [0.5, 0.6) is 0 Å². The second-order valence-electron chi connectivity index (χ2n) is 6.52. The van der Waals surface area contributed by atoms with Crippen LogP contribution < -0.4 is 10.6 Å². The van der Waals surface area contributed by atoms with Gasteiger partial charge >= 0.3 is 6.18 Å². The van der Waals surface area contributed by atoms with E-state index in [0.29, 0.717) is 24.7 Å². The van der Waals surface area contributed by atoms with Crippen molar-refractivity contribution in [2.24, 2.45) is 7.05 Å². The van der Waals surface area contributed by atoms with Gasteiger partial charge in [0, 0.05) is 51.2 Å². The Morgan fingerprint density at radius 1 is 1.14 bits per heavy atom. The number of nitrogen functional groups attached to an aromatic ring is 1. The van der Waals surface area contributed by atoms with Crippen molar-refractivity contribution in [2.45, 2.75) is 11.3 Å². The number of aromatic nitrogens is 3. The van der Waals surface area contributed by atoms with E-state index in [0.717, 1.165) is 36.6 Å². The Labute approximate surface area is 166 Å². The second-order valence-corrected chi connectivity index (χ2v) is 7.51. The maximum atomic E-state index is 12.9. The van der Waals surface area contributed by atoms with Gasteiger partial charge in [0.2, 0.25) is 5.95 Å². The van der Waals surface area contributed by atoms with Gasteiger partial charge in [-0.2, -0.15) is 13.2 Å². The van der Waals surface area contributed by atoms with Gasteiger partial charge in [0.1, 0.15) is 0 Å². The van der Waals surface area contributed by atoms with E-state index in [2.05, 4.69) is 27.2 Å². The number of nitrogens with zero attached hydrogens (tertiary/aromatic N) is 5. The molecule has 2 aromatic rings. The topological polar surface area (TPSA) is 63.2 Å². The summed E-state index contributed by atoms with van der Waals surface area (Å²) in [5.41, 5.74) is 5.67. The number of piperazine rings is 1. The van der Waals surface area contributed by atoms with Crippen molar-refractivity contribution in [2.75, 3.05) is 49.1 Å². The van der Waals surface area contributed by atoms with Crippen LogP contribution in [0.4, 0.5) is 24.8 Å². The zero-order valence-corrected chi connectivity index (χ0v) is 16.4. The van der Waals surface area contributed by atoms with Crippen LogP contribution in [-0.2, 0) is 13.2 Å². The third kappa shape index (κ3) is 5.20. The molecule has 0 aliphatic carbocycles. The van der Waals surface area contributed by atoms with E-state index >= 15 is 0 Å². The van der Waals surface area contributed by atoms with E-state index < -0.39 is 11.7 Å². The van der Waals surface area contributed by atoms with Gasteiger partial charge in [0.15, 0.2) is 5.16 Å². The molecule has 2 heterocycles. The molecule has 0 amide bonds. The highest BCUT2D eigenvalue weighted by Gasteiger charge is 2.31. The molecule has 1 aliphatic heterocycles. The molecule has 152 valence electrons. The maximum Gasteiger partial charge on any atom is 0.416 e. The first-order valence-corrected chi connectivity index (χ1v) is 9.90. The lowest BCUT2D eigenvalue weighted by Gasteiger charge is -2.35. The fourth-order valence-corrected chi connectivity index (χ4v) is 3.70. The Bertz CT molecular complexity index is 812. The Morgan fingerprint density at radius 3 is 2.54 bits per heavy atom. The molecular weight excluding hydrogens is 389 g/mol. The molecule has 1 fully saturated rings. The van der Waals surface area contributed by atoms with Crippen LogP contribution in [0.1, 0.15) is 5.56 Å². The highest BCUT2D eigenvalue weighted by molar-refractivity contribution is 7.99. The standard InChI is InChI=1S/C18H23F3N6S/c1-25-16(22)23-24-17(25)28-12-3-2-7-26-8-10-27(11-9-26)15-6-4-5-14(13-15)18(19,20)21/h2-6,13H,7-12H2,1H3,(H2,22,23). The van der Waals surface area contributed by atoms with Gasteiger partial charge in [-0.3, -0.25) is 9.47 Å². The number of nitrogens with two attached hydrogens (primary N) is 1. The van der Waals surface area contributed by atoms with E-state index in [1.165, 1.54) is 12.1 Å².